The lowest BCUT2D eigenvalue weighted by molar-refractivity contribution is -0.144. The van der Waals surface area contributed by atoms with E-state index in [2.05, 4.69) is 19.8 Å². The van der Waals surface area contributed by atoms with E-state index >= 15 is 0 Å². The molecule has 1 amide bonds. The largest absolute Gasteiger partial charge is 0.484 e. The molecule has 0 saturated carbocycles. The Morgan fingerprint density at radius 1 is 1.33 bits per heavy atom. The Hall–Kier alpha value is -2.48. The van der Waals surface area contributed by atoms with E-state index in [4.69, 9.17) is 16.3 Å². The molecule has 0 atom stereocenters. The maximum Gasteiger partial charge on any atom is 0.323 e. The van der Waals surface area contributed by atoms with Crippen molar-refractivity contribution in [3.05, 3.63) is 29.8 Å². The highest BCUT2D eigenvalue weighted by Crippen LogP contribution is 2.18. The zero-order valence-corrected chi connectivity index (χ0v) is 12.2. The second-order valence-corrected chi connectivity index (χ2v) is 4.86. The van der Waals surface area contributed by atoms with E-state index in [1.54, 1.807) is 12.1 Å². The highest BCUT2D eigenvalue weighted by Gasteiger charge is 2.16. The van der Waals surface area contributed by atoms with Crippen LogP contribution in [0.5, 0.6) is 5.75 Å². The number of amides is 1. The monoisotopic (exact) mass is 289 g/mol. The fraction of sp³-hybridized carbons (Fsp3) is 0.375. The van der Waals surface area contributed by atoms with Crippen LogP contribution in [0, 0.1) is 12.3 Å². The maximum atomic E-state index is 11.9. The van der Waals surface area contributed by atoms with E-state index in [-0.39, 0.29) is 13.2 Å². The van der Waals surface area contributed by atoms with Crippen molar-refractivity contribution in [1.82, 2.24) is 4.90 Å². The second-order valence-electron chi connectivity index (χ2n) is 4.86. The third kappa shape index (κ3) is 5.57. The number of carbonyl (C=O) groups excluding carboxylic acids is 1. The van der Waals surface area contributed by atoms with E-state index < -0.39 is 18.4 Å². The second kappa shape index (κ2) is 7.95. The Labute approximate surface area is 124 Å². The topological polar surface area (TPSA) is 66.8 Å². The van der Waals surface area contributed by atoms with Crippen molar-refractivity contribution < 1.29 is 19.4 Å². The minimum Gasteiger partial charge on any atom is -0.484 e. The lowest BCUT2D eigenvalue weighted by Crippen LogP contribution is -2.38. The van der Waals surface area contributed by atoms with Gasteiger partial charge in [-0.15, -0.1) is 6.42 Å². The molecule has 5 nitrogen and oxygen atoms in total. The SMILES string of the molecule is C#CCN(CC(=O)O)C(=O)COc1ccc(C(C)C)cc1. The van der Waals surface area contributed by atoms with E-state index in [0.717, 1.165) is 4.90 Å². The molecule has 0 unspecified atom stereocenters. The highest BCUT2D eigenvalue weighted by atomic mass is 16.5. The first-order valence-corrected chi connectivity index (χ1v) is 6.59. The third-order valence-corrected chi connectivity index (χ3v) is 2.87. The minimum atomic E-state index is -1.11. The van der Waals surface area contributed by atoms with Gasteiger partial charge in [0, 0.05) is 0 Å². The van der Waals surface area contributed by atoms with Crippen molar-refractivity contribution in [1.29, 1.82) is 0 Å². The number of benzene rings is 1. The van der Waals surface area contributed by atoms with Crippen LogP contribution in [-0.2, 0) is 9.59 Å². The minimum absolute atomic E-state index is 0.0548. The molecule has 0 aliphatic carbocycles. The molecule has 1 rings (SSSR count). The zero-order chi connectivity index (χ0) is 15.8. The summed E-state index contributed by atoms with van der Waals surface area (Å²) >= 11 is 0. The molecule has 0 fully saturated rings. The van der Waals surface area contributed by atoms with Crippen LogP contribution in [0.4, 0.5) is 0 Å². The van der Waals surface area contributed by atoms with E-state index in [0.29, 0.717) is 11.7 Å². The zero-order valence-electron chi connectivity index (χ0n) is 12.2. The van der Waals surface area contributed by atoms with Crippen LogP contribution >= 0.6 is 0 Å². The first-order valence-electron chi connectivity index (χ1n) is 6.59. The Morgan fingerprint density at radius 3 is 2.43 bits per heavy atom. The number of rotatable bonds is 7. The van der Waals surface area contributed by atoms with Crippen LogP contribution in [0.2, 0.25) is 0 Å². The Bertz CT molecular complexity index is 528. The van der Waals surface area contributed by atoms with Crippen LogP contribution < -0.4 is 4.74 Å². The number of carboxylic acids is 1. The molecule has 0 heterocycles. The van der Waals surface area contributed by atoms with Crippen LogP contribution in [0.1, 0.15) is 25.3 Å². The molecule has 1 aromatic rings. The fourth-order valence-electron chi connectivity index (χ4n) is 1.69. The smallest absolute Gasteiger partial charge is 0.323 e. The van der Waals surface area contributed by atoms with Gasteiger partial charge >= 0.3 is 5.97 Å². The number of hydrogen-bond donors (Lipinski definition) is 1. The molecule has 112 valence electrons. The Morgan fingerprint density at radius 2 is 1.95 bits per heavy atom. The Kier molecular flexibility index (Phi) is 6.28. The molecule has 21 heavy (non-hydrogen) atoms. The maximum absolute atomic E-state index is 11.9. The van der Waals surface area contributed by atoms with Crippen molar-refractivity contribution in [2.45, 2.75) is 19.8 Å². The molecule has 0 radical (unpaired) electrons. The molecule has 0 aliphatic heterocycles. The molecule has 0 saturated heterocycles. The van der Waals surface area contributed by atoms with Crippen LogP contribution in [0.3, 0.4) is 0 Å². The summed E-state index contributed by atoms with van der Waals surface area (Å²) in [5.41, 5.74) is 1.17. The fourth-order valence-corrected chi connectivity index (χ4v) is 1.69. The standard InChI is InChI=1S/C16H19NO4/c1-4-9-17(10-16(19)20)15(18)11-21-14-7-5-13(6-8-14)12(2)3/h1,5-8,12H,9-11H2,2-3H3,(H,19,20). The molecule has 0 spiro atoms. The third-order valence-electron chi connectivity index (χ3n) is 2.87. The quantitative estimate of drug-likeness (QED) is 0.776. The first kappa shape index (κ1) is 16.6. The van der Waals surface area contributed by atoms with Gasteiger partial charge in [-0.25, -0.2) is 0 Å². The number of terminal acetylenes is 1. The average Bonchev–Trinajstić information content (AvgIpc) is 2.44. The van der Waals surface area contributed by atoms with E-state index in [1.807, 2.05) is 12.1 Å². The summed E-state index contributed by atoms with van der Waals surface area (Å²) in [6, 6.07) is 7.43. The van der Waals surface area contributed by atoms with Crippen molar-refractivity contribution >= 4 is 11.9 Å². The highest BCUT2D eigenvalue weighted by molar-refractivity contribution is 5.82. The number of carbonyl (C=O) groups is 2. The average molecular weight is 289 g/mol. The van der Waals surface area contributed by atoms with Crippen LogP contribution in [-0.4, -0.2) is 41.6 Å². The predicted molar refractivity (Wildman–Crippen MR) is 79.1 cm³/mol. The molecule has 0 aromatic heterocycles. The van der Waals surface area contributed by atoms with Gasteiger partial charge in [-0.05, 0) is 23.6 Å². The number of nitrogens with zero attached hydrogens (tertiary/aromatic N) is 1. The van der Waals surface area contributed by atoms with Gasteiger partial charge in [0.2, 0.25) is 0 Å². The predicted octanol–water partition coefficient (Wildman–Crippen LogP) is 1.74. The molecule has 0 bridgehead atoms. The van der Waals surface area contributed by atoms with Crippen molar-refractivity contribution in [2.75, 3.05) is 19.7 Å². The first-order chi connectivity index (χ1) is 9.93. The molecule has 1 aromatic carbocycles. The number of aliphatic carboxylic acids is 1. The van der Waals surface area contributed by atoms with Gasteiger partial charge in [0.15, 0.2) is 6.61 Å². The summed E-state index contributed by atoms with van der Waals surface area (Å²) in [5, 5.41) is 8.72. The van der Waals surface area contributed by atoms with Gasteiger partial charge in [0.05, 0.1) is 6.54 Å². The van der Waals surface area contributed by atoms with Gasteiger partial charge in [-0.3, -0.25) is 9.59 Å². The number of hydrogen-bond acceptors (Lipinski definition) is 3. The number of carboxylic acid groups (broad SMARTS) is 1. The summed E-state index contributed by atoms with van der Waals surface area (Å²) in [5.74, 6) is 1.67. The van der Waals surface area contributed by atoms with Gasteiger partial charge in [0.1, 0.15) is 12.3 Å². The van der Waals surface area contributed by atoms with Crippen LogP contribution in [0.15, 0.2) is 24.3 Å². The van der Waals surface area contributed by atoms with Crippen LogP contribution in [0.25, 0.3) is 0 Å². The summed E-state index contributed by atoms with van der Waals surface area (Å²) in [6.07, 6.45) is 5.12. The van der Waals surface area contributed by atoms with Gasteiger partial charge < -0.3 is 14.7 Å². The van der Waals surface area contributed by atoms with Crippen molar-refractivity contribution in [3.8, 4) is 18.1 Å². The summed E-state index contributed by atoms with van der Waals surface area (Å²) < 4.78 is 5.36. The van der Waals surface area contributed by atoms with Gasteiger partial charge in [-0.2, -0.15) is 0 Å². The molecule has 5 heteroatoms. The summed E-state index contributed by atoms with van der Waals surface area (Å²) in [4.78, 5) is 23.6. The van der Waals surface area contributed by atoms with Gasteiger partial charge in [-0.1, -0.05) is 31.9 Å². The van der Waals surface area contributed by atoms with Gasteiger partial charge in [0.25, 0.3) is 5.91 Å². The molecule has 0 aliphatic rings. The normalized spacial score (nSPS) is 10.0. The molecule has 1 N–H and O–H groups in total. The Balaban J connectivity index is 2.58. The van der Waals surface area contributed by atoms with Crippen molar-refractivity contribution in [3.63, 3.8) is 0 Å². The van der Waals surface area contributed by atoms with Crippen molar-refractivity contribution in [2.24, 2.45) is 0 Å². The number of ether oxygens (including phenoxy) is 1. The summed E-state index contributed by atoms with van der Waals surface area (Å²) in [7, 11) is 0. The molecular weight excluding hydrogens is 270 g/mol. The van der Waals surface area contributed by atoms with E-state index in [9.17, 15) is 9.59 Å². The summed E-state index contributed by atoms with van der Waals surface area (Å²) in [6.45, 7) is 3.45. The molecular formula is C16H19NO4. The lowest BCUT2D eigenvalue weighted by atomic mass is 10.0. The lowest BCUT2D eigenvalue weighted by Gasteiger charge is -2.18. The van der Waals surface area contributed by atoms with E-state index in [1.165, 1.54) is 5.56 Å².